The van der Waals surface area contributed by atoms with E-state index in [4.69, 9.17) is 11.6 Å². The van der Waals surface area contributed by atoms with E-state index < -0.39 is 5.91 Å². The first-order valence-electron chi connectivity index (χ1n) is 6.95. The van der Waals surface area contributed by atoms with Gasteiger partial charge in [-0.15, -0.1) is 0 Å². The van der Waals surface area contributed by atoms with E-state index in [-0.39, 0.29) is 11.6 Å². The Balaban J connectivity index is 1.75. The van der Waals surface area contributed by atoms with Gasteiger partial charge in [-0.3, -0.25) is 4.79 Å². The molecule has 1 amide bonds. The van der Waals surface area contributed by atoms with Crippen LogP contribution in [-0.2, 0) is 4.79 Å². The zero-order chi connectivity index (χ0) is 16.9. The van der Waals surface area contributed by atoms with Gasteiger partial charge in [-0.25, -0.2) is 9.02 Å². The maximum atomic E-state index is 13.0. The molecule has 7 heteroatoms. The van der Waals surface area contributed by atoms with Crippen LogP contribution < -0.4 is 5.32 Å². The predicted molar refractivity (Wildman–Crippen MR) is 88.8 cm³/mol. The van der Waals surface area contributed by atoms with Crippen LogP contribution in [0.25, 0.3) is 17.3 Å². The molecule has 0 saturated heterocycles. The van der Waals surface area contributed by atoms with Crippen LogP contribution in [0.15, 0.2) is 59.2 Å². The normalized spacial score (nSPS) is 10.9. The van der Waals surface area contributed by atoms with E-state index in [1.165, 1.54) is 30.3 Å². The molecule has 0 radical (unpaired) electrons. The van der Waals surface area contributed by atoms with Crippen molar-refractivity contribution in [3.8, 4) is 11.3 Å². The number of anilines is 1. The highest BCUT2D eigenvalue weighted by Gasteiger charge is 2.14. The molecule has 1 heterocycles. The van der Waals surface area contributed by atoms with Gasteiger partial charge in [0.05, 0.1) is 0 Å². The molecule has 0 saturated carbocycles. The van der Waals surface area contributed by atoms with Gasteiger partial charge >= 0.3 is 0 Å². The third-order valence-electron chi connectivity index (χ3n) is 3.17. The molecule has 3 aromatic rings. The van der Waals surface area contributed by atoms with Crippen molar-refractivity contribution in [2.75, 3.05) is 5.32 Å². The average molecular weight is 344 g/mol. The zero-order valence-corrected chi connectivity index (χ0v) is 13.0. The Labute approximate surface area is 141 Å². The maximum Gasteiger partial charge on any atom is 0.249 e. The number of nitrogens with zero attached hydrogens (tertiary/aromatic N) is 2. The number of hydrogen-bond donors (Lipinski definition) is 1. The van der Waals surface area contributed by atoms with Crippen LogP contribution >= 0.6 is 11.6 Å². The Hall–Kier alpha value is -2.99. The highest BCUT2D eigenvalue weighted by atomic mass is 35.5. The number of nitrogens with one attached hydrogen (secondary N) is 1. The largest absolute Gasteiger partial charge is 0.302 e. The number of rotatable bonds is 4. The molecule has 3 rings (SSSR count). The van der Waals surface area contributed by atoms with Crippen LogP contribution in [0.1, 0.15) is 5.56 Å². The smallest absolute Gasteiger partial charge is 0.249 e. The molecule has 24 heavy (non-hydrogen) atoms. The standard InChI is InChI=1S/C17H11ClFN3O2/c18-14-4-2-1-3-11(14)7-10-15(23)20-17-16(21-24-22-17)12-5-8-13(19)9-6-12/h1-10H,(H,20,22,23)/b10-7+. The summed E-state index contributed by atoms with van der Waals surface area (Å²) in [7, 11) is 0. The van der Waals surface area contributed by atoms with Crippen molar-refractivity contribution in [3.63, 3.8) is 0 Å². The van der Waals surface area contributed by atoms with Gasteiger partial charge in [0, 0.05) is 16.7 Å². The molecule has 120 valence electrons. The van der Waals surface area contributed by atoms with Gasteiger partial charge in [0.25, 0.3) is 0 Å². The molecule has 0 atom stereocenters. The Kier molecular flexibility index (Phi) is 4.67. The van der Waals surface area contributed by atoms with E-state index in [0.717, 1.165) is 0 Å². The first kappa shape index (κ1) is 15.9. The van der Waals surface area contributed by atoms with Gasteiger partial charge in [-0.2, -0.15) is 0 Å². The molecule has 2 aromatic carbocycles. The summed E-state index contributed by atoms with van der Waals surface area (Å²) in [6.45, 7) is 0. The van der Waals surface area contributed by atoms with Crippen LogP contribution in [0.3, 0.4) is 0 Å². The van der Waals surface area contributed by atoms with Crippen molar-refractivity contribution >= 4 is 29.4 Å². The van der Waals surface area contributed by atoms with Crippen molar-refractivity contribution in [2.45, 2.75) is 0 Å². The molecule has 0 aliphatic heterocycles. The second kappa shape index (κ2) is 7.06. The fourth-order valence-corrected chi connectivity index (χ4v) is 2.20. The molecule has 1 N–H and O–H groups in total. The van der Waals surface area contributed by atoms with Crippen LogP contribution in [0.2, 0.25) is 5.02 Å². The Morgan fingerprint density at radius 2 is 1.88 bits per heavy atom. The Bertz CT molecular complexity index is 891. The van der Waals surface area contributed by atoms with Crippen molar-refractivity contribution < 1.29 is 13.8 Å². The number of amides is 1. The molecular formula is C17H11ClFN3O2. The van der Waals surface area contributed by atoms with E-state index in [1.807, 2.05) is 6.07 Å². The number of carbonyl (C=O) groups excluding carboxylic acids is 1. The van der Waals surface area contributed by atoms with Crippen LogP contribution in [0.4, 0.5) is 10.2 Å². The molecule has 0 fully saturated rings. The fraction of sp³-hybridized carbons (Fsp3) is 0. The molecule has 5 nitrogen and oxygen atoms in total. The fourth-order valence-electron chi connectivity index (χ4n) is 2.00. The lowest BCUT2D eigenvalue weighted by molar-refractivity contribution is -0.111. The predicted octanol–water partition coefficient (Wildman–Crippen LogP) is 4.18. The Morgan fingerprint density at radius 1 is 1.12 bits per heavy atom. The van der Waals surface area contributed by atoms with Crippen LogP contribution in [0, 0.1) is 5.82 Å². The summed E-state index contributed by atoms with van der Waals surface area (Å²) < 4.78 is 17.6. The van der Waals surface area contributed by atoms with Gasteiger partial charge in [-0.1, -0.05) is 29.8 Å². The maximum absolute atomic E-state index is 13.0. The van der Waals surface area contributed by atoms with Crippen molar-refractivity contribution in [1.29, 1.82) is 0 Å². The quantitative estimate of drug-likeness (QED) is 0.721. The number of hydrogen-bond acceptors (Lipinski definition) is 4. The minimum atomic E-state index is -0.422. The molecule has 1 aromatic heterocycles. The number of halogens is 2. The molecule has 0 unspecified atom stereocenters. The first-order chi connectivity index (χ1) is 11.6. The summed E-state index contributed by atoms with van der Waals surface area (Å²) in [6.07, 6.45) is 2.91. The van der Waals surface area contributed by atoms with Gasteiger partial charge in [0.1, 0.15) is 5.82 Å². The number of carbonyl (C=O) groups is 1. The summed E-state index contributed by atoms with van der Waals surface area (Å²) in [5.74, 6) is -0.645. The highest BCUT2D eigenvalue weighted by Crippen LogP contribution is 2.24. The van der Waals surface area contributed by atoms with Gasteiger partial charge in [0.2, 0.25) is 11.7 Å². The molecule has 0 aliphatic carbocycles. The SMILES string of the molecule is O=C(/C=C/c1ccccc1Cl)Nc1nonc1-c1ccc(F)cc1. The minimum absolute atomic E-state index is 0.149. The number of aromatic nitrogens is 2. The molecule has 0 aliphatic rings. The second-order valence-electron chi connectivity index (χ2n) is 4.81. The zero-order valence-electron chi connectivity index (χ0n) is 12.2. The summed E-state index contributed by atoms with van der Waals surface area (Å²) in [4.78, 5) is 12.0. The second-order valence-corrected chi connectivity index (χ2v) is 5.22. The minimum Gasteiger partial charge on any atom is -0.302 e. The monoisotopic (exact) mass is 343 g/mol. The van der Waals surface area contributed by atoms with Gasteiger partial charge < -0.3 is 5.32 Å². The molecule has 0 bridgehead atoms. The van der Waals surface area contributed by atoms with E-state index in [0.29, 0.717) is 21.8 Å². The van der Waals surface area contributed by atoms with Crippen LogP contribution in [-0.4, -0.2) is 16.2 Å². The average Bonchev–Trinajstić information content (AvgIpc) is 3.03. The van der Waals surface area contributed by atoms with E-state index in [2.05, 4.69) is 20.3 Å². The molecular weight excluding hydrogens is 333 g/mol. The van der Waals surface area contributed by atoms with Crippen molar-refractivity contribution in [3.05, 3.63) is 71.0 Å². The summed E-state index contributed by atoms with van der Waals surface area (Å²) in [5.41, 5.74) is 1.60. The Morgan fingerprint density at radius 3 is 2.62 bits per heavy atom. The third-order valence-corrected chi connectivity index (χ3v) is 3.51. The lowest BCUT2D eigenvalue weighted by Crippen LogP contribution is -2.09. The van der Waals surface area contributed by atoms with Gasteiger partial charge in [0.15, 0.2) is 5.69 Å². The van der Waals surface area contributed by atoms with E-state index in [9.17, 15) is 9.18 Å². The van der Waals surface area contributed by atoms with Crippen LogP contribution in [0.5, 0.6) is 0 Å². The number of benzene rings is 2. The van der Waals surface area contributed by atoms with E-state index in [1.54, 1.807) is 24.3 Å². The molecule has 0 spiro atoms. The lowest BCUT2D eigenvalue weighted by Gasteiger charge is -2.01. The lowest BCUT2D eigenvalue weighted by atomic mass is 10.1. The van der Waals surface area contributed by atoms with Crippen molar-refractivity contribution in [1.82, 2.24) is 10.3 Å². The van der Waals surface area contributed by atoms with Crippen molar-refractivity contribution in [2.24, 2.45) is 0 Å². The van der Waals surface area contributed by atoms with Gasteiger partial charge in [-0.05, 0) is 52.3 Å². The third kappa shape index (κ3) is 3.67. The summed E-state index contributed by atoms with van der Waals surface area (Å²) in [6, 6.07) is 12.7. The summed E-state index contributed by atoms with van der Waals surface area (Å²) in [5, 5.41) is 10.5. The first-order valence-corrected chi connectivity index (χ1v) is 7.33. The topological polar surface area (TPSA) is 68.0 Å². The highest BCUT2D eigenvalue weighted by molar-refractivity contribution is 6.32. The van der Waals surface area contributed by atoms with E-state index >= 15 is 0 Å². The summed E-state index contributed by atoms with van der Waals surface area (Å²) >= 11 is 6.02.